The summed E-state index contributed by atoms with van der Waals surface area (Å²) in [5.74, 6) is 0.252. The SMILES string of the molecule is FC(F)(F)Sc1ccccc1C1CCNCC1. The highest BCUT2D eigenvalue weighted by Crippen LogP contribution is 2.41. The smallest absolute Gasteiger partial charge is 0.317 e. The molecule has 0 radical (unpaired) electrons. The van der Waals surface area contributed by atoms with Crippen LogP contribution in [0.1, 0.15) is 24.3 Å². The third-order valence-corrected chi connectivity index (χ3v) is 3.75. The molecule has 1 nitrogen and oxygen atoms in total. The highest BCUT2D eigenvalue weighted by Gasteiger charge is 2.31. The van der Waals surface area contributed by atoms with Crippen molar-refractivity contribution in [2.45, 2.75) is 29.2 Å². The third-order valence-electron chi connectivity index (χ3n) is 2.92. The normalized spacial score (nSPS) is 18.3. The zero-order valence-corrected chi connectivity index (χ0v) is 10.1. The average Bonchev–Trinajstić information content (AvgIpc) is 2.29. The molecule has 1 aliphatic heterocycles. The Morgan fingerprint density at radius 1 is 1.12 bits per heavy atom. The molecule has 0 amide bonds. The molecule has 0 spiro atoms. The zero-order chi connectivity index (χ0) is 12.3. The molecule has 0 saturated carbocycles. The van der Waals surface area contributed by atoms with Crippen molar-refractivity contribution in [3.8, 4) is 0 Å². The summed E-state index contributed by atoms with van der Waals surface area (Å²) in [5, 5.41) is 3.22. The first-order valence-electron chi connectivity index (χ1n) is 5.61. The van der Waals surface area contributed by atoms with Crippen molar-refractivity contribution in [1.29, 1.82) is 0 Å². The maximum Gasteiger partial charge on any atom is 0.446 e. The van der Waals surface area contributed by atoms with Crippen molar-refractivity contribution in [2.24, 2.45) is 0 Å². The van der Waals surface area contributed by atoms with Gasteiger partial charge in [-0.25, -0.2) is 0 Å². The van der Waals surface area contributed by atoms with Crippen LogP contribution in [0.25, 0.3) is 0 Å². The van der Waals surface area contributed by atoms with Crippen LogP contribution >= 0.6 is 11.8 Å². The molecule has 1 heterocycles. The largest absolute Gasteiger partial charge is 0.446 e. The van der Waals surface area contributed by atoms with E-state index in [9.17, 15) is 13.2 Å². The van der Waals surface area contributed by atoms with Gasteiger partial charge in [-0.05, 0) is 55.2 Å². The van der Waals surface area contributed by atoms with Crippen LogP contribution in [-0.2, 0) is 0 Å². The molecule has 0 aliphatic carbocycles. The van der Waals surface area contributed by atoms with Crippen molar-refractivity contribution in [2.75, 3.05) is 13.1 Å². The molecule has 1 fully saturated rings. The molecule has 94 valence electrons. The predicted molar refractivity (Wildman–Crippen MR) is 63.2 cm³/mol. The highest BCUT2D eigenvalue weighted by molar-refractivity contribution is 8.00. The second-order valence-electron chi connectivity index (χ2n) is 4.11. The van der Waals surface area contributed by atoms with Crippen molar-refractivity contribution >= 4 is 11.8 Å². The van der Waals surface area contributed by atoms with Gasteiger partial charge in [-0.1, -0.05) is 18.2 Å². The Morgan fingerprint density at radius 2 is 1.76 bits per heavy atom. The summed E-state index contributed by atoms with van der Waals surface area (Å²) in [5.41, 5.74) is -3.36. The highest BCUT2D eigenvalue weighted by atomic mass is 32.2. The van der Waals surface area contributed by atoms with Gasteiger partial charge >= 0.3 is 5.51 Å². The molecule has 0 aromatic heterocycles. The Morgan fingerprint density at radius 3 is 2.41 bits per heavy atom. The lowest BCUT2D eigenvalue weighted by Crippen LogP contribution is -2.26. The van der Waals surface area contributed by atoms with Gasteiger partial charge in [-0.2, -0.15) is 13.2 Å². The fourth-order valence-corrected chi connectivity index (χ4v) is 2.92. The van der Waals surface area contributed by atoms with Crippen molar-refractivity contribution in [3.05, 3.63) is 29.8 Å². The summed E-state index contributed by atoms with van der Waals surface area (Å²) >= 11 is 0.000608. The molecular weight excluding hydrogens is 247 g/mol. The minimum absolute atomic E-state index is 0.000608. The van der Waals surface area contributed by atoms with Crippen LogP contribution in [0, 0.1) is 0 Å². The van der Waals surface area contributed by atoms with Gasteiger partial charge in [0.1, 0.15) is 0 Å². The van der Waals surface area contributed by atoms with E-state index < -0.39 is 5.51 Å². The number of piperidine rings is 1. The topological polar surface area (TPSA) is 12.0 Å². The Labute approximate surface area is 103 Å². The third kappa shape index (κ3) is 3.64. The van der Waals surface area contributed by atoms with Crippen LogP contribution in [0.3, 0.4) is 0 Å². The van der Waals surface area contributed by atoms with Gasteiger partial charge in [-0.15, -0.1) is 0 Å². The summed E-state index contributed by atoms with van der Waals surface area (Å²) in [6.07, 6.45) is 1.82. The Balaban J connectivity index is 2.20. The van der Waals surface area contributed by atoms with Gasteiger partial charge in [-0.3, -0.25) is 0 Å². The lowest BCUT2D eigenvalue weighted by Gasteiger charge is -2.25. The molecule has 1 aromatic carbocycles. The monoisotopic (exact) mass is 261 g/mol. The molecule has 1 N–H and O–H groups in total. The number of hydrogen-bond acceptors (Lipinski definition) is 2. The summed E-state index contributed by atoms with van der Waals surface area (Å²) < 4.78 is 37.3. The van der Waals surface area contributed by atoms with Gasteiger partial charge in [0.2, 0.25) is 0 Å². The molecule has 0 atom stereocenters. The quantitative estimate of drug-likeness (QED) is 0.813. The Hall–Kier alpha value is -0.680. The first-order valence-corrected chi connectivity index (χ1v) is 6.43. The number of nitrogens with one attached hydrogen (secondary N) is 1. The fraction of sp³-hybridized carbons (Fsp3) is 0.500. The zero-order valence-electron chi connectivity index (χ0n) is 9.26. The summed E-state index contributed by atoms with van der Waals surface area (Å²) in [4.78, 5) is 0.354. The molecular formula is C12H14F3NS. The summed E-state index contributed by atoms with van der Waals surface area (Å²) in [6.45, 7) is 1.77. The Kier molecular flexibility index (Phi) is 3.99. The van der Waals surface area contributed by atoms with Crippen LogP contribution in [0.15, 0.2) is 29.2 Å². The second-order valence-corrected chi connectivity index (χ2v) is 5.22. The molecule has 17 heavy (non-hydrogen) atoms. The molecule has 1 aromatic rings. The van der Waals surface area contributed by atoms with E-state index in [1.807, 2.05) is 12.1 Å². The van der Waals surface area contributed by atoms with E-state index >= 15 is 0 Å². The van der Waals surface area contributed by atoms with Gasteiger partial charge in [0, 0.05) is 4.90 Å². The van der Waals surface area contributed by atoms with Crippen molar-refractivity contribution in [1.82, 2.24) is 5.32 Å². The predicted octanol–water partition coefficient (Wildman–Crippen LogP) is 3.77. The number of alkyl halides is 3. The van der Waals surface area contributed by atoms with Crippen molar-refractivity contribution in [3.63, 3.8) is 0 Å². The van der Waals surface area contributed by atoms with Crippen LogP contribution in [0.2, 0.25) is 0 Å². The van der Waals surface area contributed by atoms with Crippen LogP contribution in [0.5, 0.6) is 0 Å². The number of rotatable bonds is 2. The minimum atomic E-state index is -4.21. The van der Waals surface area contributed by atoms with E-state index in [1.165, 1.54) is 0 Å². The number of hydrogen-bond donors (Lipinski definition) is 1. The first-order chi connectivity index (χ1) is 8.06. The van der Waals surface area contributed by atoms with E-state index in [0.29, 0.717) is 4.90 Å². The van der Waals surface area contributed by atoms with E-state index in [4.69, 9.17) is 0 Å². The van der Waals surface area contributed by atoms with E-state index in [1.54, 1.807) is 12.1 Å². The summed E-state index contributed by atoms with van der Waals surface area (Å²) in [6, 6.07) is 6.87. The van der Waals surface area contributed by atoms with Gasteiger partial charge < -0.3 is 5.32 Å². The molecule has 1 aliphatic rings. The van der Waals surface area contributed by atoms with E-state index in [2.05, 4.69) is 5.32 Å². The molecule has 5 heteroatoms. The molecule has 1 saturated heterocycles. The molecule has 0 unspecified atom stereocenters. The molecule has 0 bridgehead atoms. The van der Waals surface area contributed by atoms with Crippen LogP contribution in [-0.4, -0.2) is 18.6 Å². The number of thioether (sulfide) groups is 1. The average molecular weight is 261 g/mol. The summed E-state index contributed by atoms with van der Waals surface area (Å²) in [7, 11) is 0. The fourth-order valence-electron chi connectivity index (χ4n) is 2.17. The van der Waals surface area contributed by atoms with Crippen molar-refractivity contribution < 1.29 is 13.2 Å². The lowest BCUT2D eigenvalue weighted by atomic mass is 9.90. The standard InChI is InChI=1S/C12H14F3NS/c13-12(14,15)17-11-4-2-1-3-10(11)9-5-7-16-8-6-9/h1-4,9,16H,5-8H2. The number of benzene rings is 1. The second kappa shape index (κ2) is 5.31. The van der Waals surface area contributed by atoms with Gasteiger partial charge in [0.05, 0.1) is 0 Å². The van der Waals surface area contributed by atoms with Crippen LogP contribution in [0.4, 0.5) is 13.2 Å². The Bertz CT molecular complexity index is 372. The van der Waals surface area contributed by atoms with E-state index in [-0.39, 0.29) is 17.7 Å². The first kappa shape index (κ1) is 12.8. The van der Waals surface area contributed by atoms with Gasteiger partial charge in [0.25, 0.3) is 0 Å². The molecule has 2 rings (SSSR count). The maximum absolute atomic E-state index is 12.4. The van der Waals surface area contributed by atoms with E-state index in [0.717, 1.165) is 31.5 Å². The maximum atomic E-state index is 12.4. The van der Waals surface area contributed by atoms with Gasteiger partial charge in [0.15, 0.2) is 0 Å². The lowest BCUT2D eigenvalue weighted by molar-refractivity contribution is -0.0328. The minimum Gasteiger partial charge on any atom is -0.317 e. The number of halogens is 3. The van der Waals surface area contributed by atoms with Crippen LogP contribution < -0.4 is 5.32 Å².